The van der Waals surface area contributed by atoms with E-state index in [0.717, 1.165) is 0 Å². The molecular formula is C20H20O6. The zero-order valence-corrected chi connectivity index (χ0v) is 14.8. The molecule has 2 aromatic carbocycles. The van der Waals surface area contributed by atoms with Gasteiger partial charge in [0, 0.05) is 12.1 Å². The molecule has 6 nitrogen and oxygen atoms in total. The Balaban J connectivity index is 1.68. The van der Waals surface area contributed by atoms with Gasteiger partial charge in [-0.05, 0) is 49.8 Å². The molecule has 0 aromatic heterocycles. The zero-order chi connectivity index (χ0) is 18.7. The Morgan fingerprint density at radius 1 is 1.08 bits per heavy atom. The molecule has 0 amide bonds. The lowest BCUT2D eigenvalue weighted by atomic mass is 10.2. The van der Waals surface area contributed by atoms with Crippen molar-refractivity contribution in [2.24, 2.45) is 0 Å². The predicted molar refractivity (Wildman–Crippen MR) is 95.9 cm³/mol. The number of ether oxygens (including phenoxy) is 4. The minimum Gasteiger partial charge on any atom is -0.504 e. The van der Waals surface area contributed by atoms with Crippen LogP contribution in [0.4, 0.5) is 0 Å². The number of fused-ring (bicyclic) bond motifs is 1. The van der Waals surface area contributed by atoms with Crippen LogP contribution in [0.3, 0.4) is 0 Å². The van der Waals surface area contributed by atoms with Gasteiger partial charge in [-0.3, -0.25) is 0 Å². The summed E-state index contributed by atoms with van der Waals surface area (Å²) in [5.74, 6) is 1.38. The van der Waals surface area contributed by atoms with Gasteiger partial charge in [-0.15, -0.1) is 0 Å². The Morgan fingerprint density at radius 2 is 1.81 bits per heavy atom. The minimum atomic E-state index is -0.532. The fraction of sp³-hybridized carbons (Fsp3) is 0.250. The van der Waals surface area contributed by atoms with Crippen molar-refractivity contribution >= 4 is 12.0 Å². The van der Waals surface area contributed by atoms with E-state index in [2.05, 4.69) is 0 Å². The molecule has 0 spiro atoms. The second-order valence-electron chi connectivity index (χ2n) is 5.94. The molecule has 0 fully saturated rings. The Morgan fingerprint density at radius 3 is 2.54 bits per heavy atom. The van der Waals surface area contributed by atoms with Crippen molar-refractivity contribution in [1.82, 2.24) is 0 Å². The summed E-state index contributed by atoms with van der Waals surface area (Å²) in [4.78, 5) is 12.0. The smallest absolute Gasteiger partial charge is 0.336 e. The maximum atomic E-state index is 12.0. The normalized spacial score (nSPS) is 18.6. The van der Waals surface area contributed by atoms with Gasteiger partial charge in [-0.25, -0.2) is 4.79 Å². The lowest BCUT2D eigenvalue weighted by molar-refractivity contribution is -0.128. The molecule has 1 heterocycles. The van der Waals surface area contributed by atoms with Crippen LogP contribution >= 0.6 is 0 Å². The van der Waals surface area contributed by atoms with Crippen LogP contribution < -0.4 is 18.9 Å². The molecule has 2 atom stereocenters. The van der Waals surface area contributed by atoms with Crippen LogP contribution in [0.25, 0.3) is 6.08 Å². The average Bonchev–Trinajstić information content (AvgIpc) is 2.62. The fourth-order valence-electron chi connectivity index (χ4n) is 2.45. The van der Waals surface area contributed by atoms with Crippen LogP contribution in [0.2, 0.25) is 0 Å². The number of phenolic OH excluding ortho intramolecular Hbond substituents is 1. The molecule has 26 heavy (non-hydrogen) atoms. The first-order chi connectivity index (χ1) is 12.5. The fourth-order valence-corrected chi connectivity index (χ4v) is 2.45. The van der Waals surface area contributed by atoms with E-state index in [9.17, 15) is 9.90 Å². The lowest BCUT2D eigenvalue weighted by Gasteiger charge is -2.29. The van der Waals surface area contributed by atoms with E-state index >= 15 is 0 Å². The second kappa shape index (κ2) is 7.39. The summed E-state index contributed by atoms with van der Waals surface area (Å²) < 4.78 is 21.8. The molecule has 0 radical (unpaired) electrons. The monoisotopic (exact) mass is 356 g/mol. The number of rotatable bonds is 4. The highest BCUT2D eigenvalue weighted by Crippen LogP contribution is 2.37. The van der Waals surface area contributed by atoms with Crippen LogP contribution in [-0.2, 0) is 4.79 Å². The van der Waals surface area contributed by atoms with E-state index in [1.807, 2.05) is 13.8 Å². The first-order valence-corrected chi connectivity index (χ1v) is 8.20. The van der Waals surface area contributed by atoms with Crippen molar-refractivity contribution in [2.75, 3.05) is 7.11 Å². The van der Waals surface area contributed by atoms with Crippen LogP contribution in [0.1, 0.15) is 19.4 Å². The maximum Gasteiger partial charge on any atom is 0.336 e. The van der Waals surface area contributed by atoms with E-state index in [1.54, 1.807) is 36.4 Å². The highest BCUT2D eigenvalue weighted by Gasteiger charge is 2.24. The third-order valence-electron chi connectivity index (χ3n) is 4.04. The number of aromatic hydroxyl groups is 1. The third kappa shape index (κ3) is 3.91. The number of hydrogen-bond donors (Lipinski definition) is 1. The molecule has 0 saturated carbocycles. The van der Waals surface area contributed by atoms with Gasteiger partial charge in [0.05, 0.1) is 7.11 Å². The van der Waals surface area contributed by atoms with E-state index in [1.165, 1.54) is 19.3 Å². The Kier molecular flexibility index (Phi) is 5.02. The molecule has 1 aliphatic rings. The van der Waals surface area contributed by atoms with Crippen molar-refractivity contribution in [3.63, 3.8) is 0 Å². The zero-order valence-electron chi connectivity index (χ0n) is 14.8. The molecule has 0 bridgehead atoms. The highest BCUT2D eigenvalue weighted by molar-refractivity contribution is 5.88. The molecule has 0 saturated heterocycles. The number of carbonyl (C=O) groups is 1. The summed E-state index contributed by atoms with van der Waals surface area (Å²) in [6.45, 7) is 3.85. The van der Waals surface area contributed by atoms with Gasteiger partial charge < -0.3 is 24.1 Å². The van der Waals surface area contributed by atoms with Crippen molar-refractivity contribution in [3.8, 4) is 28.7 Å². The number of hydrogen-bond acceptors (Lipinski definition) is 6. The number of phenols is 1. The van der Waals surface area contributed by atoms with Gasteiger partial charge in [0.25, 0.3) is 0 Å². The molecule has 1 N–H and O–H groups in total. The number of esters is 1. The molecule has 3 rings (SSSR count). The number of carbonyl (C=O) groups excluding carboxylic acids is 1. The van der Waals surface area contributed by atoms with Gasteiger partial charge in [0.1, 0.15) is 18.0 Å². The van der Waals surface area contributed by atoms with Gasteiger partial charge in [0.15, 0.2) is 23.0 Å². The highest BCUT2D eigenvalue weighted by atomic mass is 16.6. The second-order valence-corrected chi connectivity index (χ2v) is 5.94. The van der Waals surface area contributed by atoms with Gasteiger partial charge in [0.2, 0.25) is 0 Å². The molecule has 1 aliphatic heterocycles. The Bertz CT molecular complexity index is 842. The van der Waals surface area contributed by atoms with Crippen LogP contribution in [0.15, 0.2) is 42.5 Å². The topological polar surface area (TPSA) is 74.2 Å². The number of benzene rings is 2. The summed E-state index contributed by atoms with van der Waals surface area (Å²) >= 11 is 0. The van der Waals surface area contributed by atoms with Crippen LogP contribution in [0.5, 0.6) is 28.7 Å². The van der Waals surface area contributed by atoms with Crippen LogP contribution in [0, 0.1) is 0 Å². The summed E-state index contributed by atoms with van der Waals surface area (Å²) in [7, 11) is 1.46. The molecule has 136 valence electrons. The largest absolute Gasteiger partial charge is 0.504 e. The predicted octanol–water partition coefficient (Wildman–Crippen LogP) is 3.57. The average molecular weight is 356 g/mol. The standard InChI is InChI=1S/C20H20O6/c1-12-13(2)25-19-11-15(6-8-17(19)24-12)26-20(22)9-5-14-4-7-16(21)18(10-14)23-3/h4-13,21H,1-3H3/b9-5+. The SMILES string of the molecule is COc1cc(/C=C/C(=O)Oc2ccc3c(c2)OC(C)C(C)O3)ccc1O. The Labute approximate surface area is 151 Å². The van der Waals surface area contributed by atoms with Crippen molar-refractivity contribution in [1.29, 1.82) is 0 Å². The summed E-state index contributed by atoms with van der Waals surface area (Å²) in [6.07, 6.45) is 2.75. The van der Waals surface area contributed by atoms with E-state index in [-0.39, 0.29) is 18.0 Å². The third-order valence-corrected chi connectivity index (χ3v) is 4.04. The molecule has 6 heteroatoms. The molecule has 2 unspecified atom stereocenters. The summed E-state index contributed by atoms with van der Waals surface area (Å²) in [5, 5.41) is 9.58. The van der Waals surface area contributed by atoms with E-state index < -0.39 is 5.97 Å². The molecular weight excluding hydrogens is 336 g/mol. The van der Waals surface area contributed by atoms with Gasteiger partial charge in [-0.2, -0.15) is 0 Å². The van der Waals surface area contributed by atoms with Crippen molar-refractivity contribution in [3.05, 3.63) is 48.0 Å². The maximum absolute atomic E-state index is 12.0. The lowest BCUT2D eigenvalue weighted by Crippen LogP contribution is -2.34. The van der Waals surface area contributed by atoms with Crippen LogP contribution in [-0.4, -0.2) is 30.4 Å². The van der Waals surface area contributed by atoms with Gasteiger partial charge in [-0.1, -0.05) is 6.07 Å². The van der Waals surface area contributed by atoms with Crippen molar-refractivity contribution < 1.29 is 28.8 Å². The van der Waals surface area contributed by atoms with E-state index in [0.29, 0.717) is 28.6 Å². The van der Waals surface area contributed by atoms with Crippen molar-refractivity contribution in [2.45, 2.75) is 26.1 Å². The minimum absolute atomic E-state index is 0.0343. The van der Waals surface area contributed by atoms with Gasteiger partial charge >= 0.3 is 5.97 Å². The number of methoxy groups -OCH3 is 1. The molecule has 2 aromatic rings. The van der Waals surface area contributed by atoms with E-state index in [4.69, 9.17) is 18.9 Å². The Hall–Kier alpha value is -3.15. The summed E-state index contributed by atoms with van der Waals surface area (Å²) in [6, 6.07) is 9.77. The molecule has 0 aliphatic carbocycles. The summed E-state index contributed by atoms with van der Waals surface area (Å²) in [5.41, 5.74) is 0.696. The quantitative estimate of drug-likeness (QED) is 0.513. The first kappa shape index (κ1) is 17.7. The first-order valence-electron chi connectivity index (χ1n) is 8.20.